The highest BCUT2D eigenvalue weighted by Crippen LogP contribution is 2.43. The van der Waals surface area contributed by atoms with Crippen LogP contribution in [0, 0.1) is 12.3 Å². The molecule has 0 radical (unpaired) electrons. The van der Waals surface area contributed by atoms with Gasteiger partial charge < -0.3 is 9.84 Å². The Morgan fingerprint density at radius 1 is 1.57 bits per heavy atom. The van der Waals surface area contributed by atoms with Crippen LogP contribution < -0.4 is 0 Å². The molecule has 0 aromatic heterocycles. The summed E-state index contributed by atoms with van der Waals surface area (Å²) in [6.45, 7) is 3.73. The molecule has 2 atom stereocenters. The van der Waals surface area contributed by atoms with Crippen LogP contribution in [-0.2, 0) is 9.30 Å². The zero-order valence-electron chi connectivity index (χ0n) is 7.85. The fourth-order valence-corrected chi connectivity index (χ4v) is 0.332. The first-order valence-electron chi connectivity index (χ1n) is 3.64. The number of terminal acetylenes is 1. The van der Waals surface area contributed by atoms with Gasteiger partial charge in [0.2, 0.25) is 0 Å². The quantitative estimate of drug-likeness (QED) is 0.568. The first-order chi connectivity index (χ1) is 6.16. The number of hydrogen-bond donors (Lipinski definition) is 2. The Hall–Kier alpha value is -0.470. The number of halogens is 2. The molecule has 14 heavy (non-hydrogen) atoms. The average Bonchev–Trinajstić information content (AvgIpc) is 1.96. The second-order valence-corrected chi connectivity index (χ2v) is 3.30. The van der Waals surface area contributed by atoms with E-state index in [2.05, 4.69) is 5.92 Å². The van der Waals surface area contributed by atoms with Crippen LogP contribution in [0.4, 0.5) is 8.39 Å². The summed E-state index contributed by atoms with van der Waals surface area (Å²) in [5, 5.41) is 8.70. The number of rotatable bonds is 3. The minimum Gasteiger partial charge on any atom is -0.391 e. The number of hydrogen-bond acceptors (Lipinski definition) is 3. The van der Waals surface area contributed by atoms with Gasteiger partial charge in [0, 0.05) is 0 Å². The topological polar surface area (TPSA) is 66.8 Å². The van der Waals surface area contributed by atoms with Crippen LogP contribution in [0.25, 0.3) is 0 Å². The van der Waals surface area contributed by atoms with Crippen molar-refractivity contribution in [3.05, 3.63) is 0 Å². The third-order valence-electron chi connectivity index (χ3n) is 0.822. The predicted octanol–water partition coefficient (Wildman–Crippen LogP) is 1.43. The van der Waals surface area contributed by atoms with Gasteiger partial charge in [-0.3, -0.25) is 4.89 Å². The van der Waals surface area contributed by atoms with Gasteiger partial charge in [0.05, 0.1) is 12.7 Å². The molecule has 0 aliphatic carbocycles. The first-order valence-corrected chi connectivity index (χ1v) is 5.08. The van der Waals surface area contributed by atoms with Gasteiger partial charge in [0.15, 0.2) is 0 Å². The lowest BCUT2D eigenvalue weighted by Gasteiger charge is -2.07. The highest BCUT2D eigenvalue weighted by Gasteiger charge is 2.09. The number of ether oxygens (including phenoxy) is 1. The Kier molecular flexibility index (Phi) is 9.01. The van der Waals surface area contributed by atoms with Crippen LogP contribution in [0.3, 0.4) is 0 Å². The van der Waals surface area contributed by atoms with Gasteiger partial charge in [-0.25, -0.2) is 4.57 Å². The van der Waals surface area contributed by atoms with Gasteiger partial charge in [0.1, 0.15) is 6.10 Å². The van der Waals surface area contributed by atoms with Crippen molar-refractivity contribution < 1.29 is 27.7 Å². The van der Waals surface area contributed by atoms with Gasteiger partial charge in [-0.05, 0) is 13.8 Å². The maximum atomic E-state index is 10.1. The monoisotopic (exact) mass is 230 g/mol. The Labute approximate surface area is 81.6 Å². The number of aliphatic hydroxyl groups excluding tert-OH is 1. The van der Waals surface area contributed by atoms with Crippen molar-refractivity contribution in [1.82, 2.24) is 0 Å². The Balaban J connectivity index is 0. The lowest BCUT2D eigenvalue weighted by atomic mass is 10.4. The summed E-state index contributed by atoms with van der Waals surface area (Å²) in [4.78, 5) is 6.74. The molecule has 0 saturated carbocycles. The molecule has 0 heterocycles. The largest absolute Gasteiger partial charge is 0.549 e. The molecule has 2 unspecified atom stereocenters. The van der Waals surface area contributed by atoms with Gasteiger partial charge in [0.25, 0.3) is 0 Å². The molecule has 2 N–H and O–H groups in total. The van der Waals surface area contributed by atoms with Gasteiger partial charge in [-0.1, -0.05) is 5.92 Å². The minimum absolute atomic E-state index is 0.195. The first kappa shape index (κ1) is 16.0. The number of aliphatic hydroxyl groups is 1. The highest BCUT2D eigenvalue weighted by molar-refractivity contribution is 7.46. The summed E-state index contributed by atoms with van der Waals surface area (Å²) >= 11 is 0. The summed E-state index contributed by atoms with van der Waals surface area (Å²) in [5.74, 6) is 2.39. The zero-order chi connectivity index (χ0) is 11.8. The van der Waals surface area contributed by atoms with E-state index in [1.165, 1.54) is 0 Å². The van der Waals surface area contributed by atoms with Crippen molar-refractivity contribution in [2.75, 3.05) is 6.61 Å². The molecule has 0 aromatic rings. The second kappa shape index (κ2) is 7.89. The fourth-order valence-electron chi connectivity index (χ4n) is 0.332. The van der Waals surface area contributed by atoms with Crippen molar-refractivity contribution >= 4 is 7.99 Å². The van der Waals surface area contributed by atoms with E-state index in [1.807, 2.05) is 0 Å². The molecule has 0 spiro atoms. The van der Waals surface area contributed by atoms with Crippen LogP contribution >= 0.6 is 7.99 Å². The maximum absolute atomic E-state index is 10.1. The van der Waals surface area contributed by atoms with Crippen LogP contribution in [0.5, 0.6) is 0 Å². The van der Waals surface area contributed by atoms with Crippen molar-refractivity contribution in [2.24, 2.45) is 0 Å². The molecule has 0 aliphatic rings. The predicted molar refractivity (Wildman–Crippen MR) is 48.0 cm³/mol. The van der Waals surface area contributed by atoms with Crippen LogP contribution in [0.15, 0.2) is 0 Å². The standard InChI is InChI=1S/C7H12O2.F2HO2P/c1-4-7(3)9-5-6(2)8;1-5(2,3)4/h1,6-8H,5H2,2-3H3;(H,3,4). The molecule has 0 saturated heterocycles. The van der Waals surface area contributed by atoms with E-state index in [0.29, 0.717) is 6.61 Å². The molecule has 7 heteroatoms. The lowest BCUT2D eigenvalue weighted by molar-refractivity contribution is 0.0282. The molecule has 4 nitrogen and oxygen atoms in total. The normalized spacial score (nSPS) is 14.6. The fraction of sp³-hybridized carbons (Fsp3) is 0.714. The van der Waals surface area contributed by atoms with E-state index in [1.54, 1.807) is 13.8 Å². The smallest absolute Gasteiger partial charge is 0.391 e. The van der Waals surface area contributed by atoms with Crippen molar-refractivity contribution in [3.8, 4) is 12.3 Å². The molecule has 0 fully saturated rings. The van der Waals surface area contributed by atoms with Gasteiger partial charge in [-0.15, -0.1) is 14.8 Å². The van der Waals surface area contributed by atoms with E-state index in [0.717, 1.165) is 0 Å². The van der Waals surface area contributed by atoms with Crippen molar-refractivity contribution in [1.29, 1.82) is 0 Å². The van der Waals surface area contributed by atoms with Crippen LogP contribution in [0.1, 0.15) is 13.8 Å². The third kappa shape index (κ3) is 30.0. The average molecular weight is 230 g/mol. The van der Waals surface area contributed by atoms with E-state index in [-0.39, 0.29) is 6.10 Å². The Morgan fingerprint density at radius 2 is 1.93 bits per heavy atom. The Bertz CT molecular complexity index is 212. The van der Waals surface area contributed by atoms with Gasteiger partial charge >= 0.3 is 7.99 Å². The molecular weight excluding hydrogens is 217 g/mol. The third-order valence-corrected chi connectivity index (χ3v) is 0.822. The molecule has 0 aliphatic heterocycles. The second-order valence-electron chi connectivity index (χ2n) is 2.43. The zero-order valence-corrected chi connectivity index (χ0v) is 8.75. The summed E-state index contributed by atoms with van der Waals surface area (Å²) in [6, 6.07) is 0. The van der Waals surface area contributed by atoms with Crippen molar-refractivity contribution in [2.45, 2.75) is 26.1 Å². The minimum atomic E-state index is -5.64. The molecule has 0 amide bonds. The van der Waals surface area contributed by atoms with E-state index in [9.17, 15) is 8.39 Å². The van der Waals surface area contributed by atoms with Crippen LogP contribution in [-0.4, -0.2) is 28.8 Å². The molecular formula is C7H13F2O4P. The summed E-state index contributed by atoms with van der Waals surface area (Å²) in [5.41, 5.74) is 0. The van der Waals surface area contributed by atoms with E-state index in [4.69, 9.17) is 25.7 Å². The van der Waals surface area contributed by atoms with Gasteiger partial charge in [-0.2, -0.15) is 0 Å². The highest BCUT2D eigenvalue weighted by atomic mass is 31.2. The van der Waals surface area contributed by atoms with E-state index >= 15 is 0 Å². The SMILES string of the molecule is C#CC(C)OCC(C)O.O=P(O)(F)F. The Morgan fingerprint density at radius 3 is 2.14 bits per heavy atom. The molecule has 84 valence electrons. The summed E-state index contributed by atoms with van der Waals surface area (Å²) < 4.78 is 33.7. The molecule has 0 aromatic carbocycles. The van der Waals surface area contributed by atoms with Crippen molar-refractivity contribution in [3.63, 3.8) is 0 Å². The lowest BCUT2D eigenvalue weighted by Crippen LogP contribution is -2.15. The maximum Gasteiger partial charge on any atom is 0.549 e. The summed E-state index contributed by atoms with van der Waals surface area (Å²) in [6.07, 6.45) is 4.38. The molecule has 0 bridgehead atoms. The van der Waals surface area contributed by atoms with E-state index < -0.39 is 14.1 Å². The summed E-state index contributed by atoms with van der Waals surface area (Å²) in [7, 11) is -5.64. The molecule has 0 rings (SSSR count). The van der Waals surface area contributed by atoms with Crippen LogP contribution in [0.2, 0.25) is 0 Å².